The Balaban J connectivity index is 2.17. The second-order valence-electron chi connectivity index (χ2n) is 5.02. The van der Waals surface area contributed by atoms with Gasteiger partial charge in [0.2, 0.25) is 0 Å². The van der Waals surface area contributed by atoms with E-state index < -0.39 is 5.54 Å². The van der Waals surface area contributed by atoms with E-state index >= 15 is 0 Å². The summed E-state index contributed by atoms with van der Waals surface area (Å²) in [7, 11) is 0. The summed E-state index contributed by atoms with van der Waals surface area (Å²) in [6.45, 7) is 3.68. The minimum atomic E-state index is -0.620. The van der Waals surface area contributed by atoms with Gasteiger partial charge in [0.05, 0.1) is 11.1 Å². The van der Waals surface area contributed by atoms with Gasteiger partial charge in [-0.2, -0.15) is 4.98 Å². The lowest BCUT2D eigenvalue weighted by atomic mass is 10.1. The zero-order valence-electron chi connectivity index (χ0n) is 10.8. The normalized spacial score (nSPS) is 11.9. The third kappa shape index (κ3) is 2.08. The second-order valence-corrected chi connectivity index (χ2v) is 5.02. The SMILES string of the molecule is CC(C)(N)c1noc(-c2cccc3ncccc23)n1. The molecule has 0 bridgehead atoms. The molecule has 19 heavy (non-hydrogen) atoms. The van der Waals surface area contributed by atoms with Crippen LogP contribution in [0.5, 0.6) is 0 Å². The van der Waals surface area contributed by atoms with Gasteiger partial charge in [0, 0.05) is 17.1 Å². The topological polar surface area (TPSA) is 77.8 Å². The maximum absolute atomic E-state index is 5.96. The van der Waals surface area contributed by atoms with Gasteiger partial charge in [-0.15, -0.1) is 0 Å². The van der Waals surface area contributed by atoms with E-state index in [1.807, 2.05) is 44.2 Å². The molecule has 2 heterocycles. The molecule has 0 amide bonds. The number of fused-ring (bicyclic) bond motifs is 1. The third-order valence-corrected chi connectivity index (χ3v) is 2.88. The zero-order chi connectivity index (χ0) is 13.5. The summed E-state index contributed by atoms with van der Waals surface area (Å²) in [6.07, 6.45) is 1.76. The molecule has 0 saturated carbocycles. The van der Waals surface area contributed by atoms with Crippen LogP contribution in [0.15, 0.2) is 41.1 Å². The Hall–Kier alpha value is -2.27. The monoisotopic (exact) mass is 254 g/mol. The number of rotatable bonds is 2. The highest BCUT2D eigenvalue weighted by atomic mass is 16.5. The molecule has 0 unspecified atom stereocenters. The summed E-state index contributed by atoms with van der Waals surface area (Å²) < 4.78 is 5.32. The summed E-state index contributed by atoms with van der Waals surface area (Å²) in [5.41, 5.74) is 7.11. The van der Waals surface area contributed by atoms with Crippen molar-refractivity contribution < 1.29 is 4.52 Å². The molecule has 0 aliphatic carbocycles. The maximum Gasteiger partial charge on any atom is 0.258 e. The van der Waals surface area contributed by atoms with Gasteiger partial charge in [-0.3, -0.25) is 4.98 Å². The van der Waals surface area contributed by atoms with Crippen molar-refractivity contribution in [2.24, 2.45) is 5.73 Å². The molecule has 0 radical (unpaired) electrons. The highest BCUT2D eigenvalue weighted by molar-refractivity contribution is 5.92. The molecule has 0 aliphatic rings. The quantitative estimate of drug-likeness (QED) is 0.760. The van der Waals surface area contributed by atoms with E-state index in [9.17, 15) is 0 Å². The second kappa shape index (κ2) is 4.13. The lowest BCUT2D eigenvalue weighted by Gasteiger charge is -2.11. The molecule has 5 heteroatoms. The summed E-state index contributed by atoms with van der Waals surface area (Å²) in [5.74, 6) is 0.954. The first-order valence-corrected chi connectivity index (χ1v) is 6.03. The molecular formula is C14H14N4O. The molecule has 2 aromatic heterocycles. The predicted molar refractivity (Wildman–Crippen MR) is 72.2 cm³/mol. The van der Waals surface area contributed by atoms with Crippen molar-refractivity contribution in [1.29, 1.82) is 0 Å². The molecule has 0 spiro atoms. The Morgan fingerprint density at radius 2 is 2.00 bits per heavy atom. The van der Waals surface area contributed by atoms with Crippen molar-refractivity contribution in [1.82, 2.24) is 15.1 Å². The van der Waals surface area contributed by atoms with Crippen LogP contribution in [0.4, 0.5) is 0 Å². The summed E-state index contributed by atoms with van der Waals surface area (Å²) >= 11 is 0. The number of nitrogens with two attached hydrogens (primary N) is 1. The van der Waals surface area contributed by atoms with Crippen LogP contribution >= 0.6 is 0 Å². The van der Waals surface area contributed by atoms with Crippen molar-refractivity contribution >= 4 is 10.9 Å². The summed E-state index contributed by atoms with van der Waals surface area (Å²) in [4.78, 5) is 8.68. The van der Waals surface area contributed by atoms with Crippen LogP contribution in [0.2, 0.25) is 0 Å². The van der Waals surface area contributed by atoms with Gasteiger partial charge in [0.1, 0.15) is 0 Å². The van der Waals surface area contributed by atoms with Gasteiger partial charge in [-0.25, -0.2) is 0 Å². The Morgan fingerprint density at radius 3 is 2.74 bits per heavy atom. The van der Waals surface area contributed by atoms with Crippen LogP contribution in [0, 0.1) is 0 Å². The van der Waals surface area contributed by atoms with Crippen LogP contribution in [0.3, 0.4) is 0 Å². The van der Waals surface area contributed by atoms with Gasteiger partial charge >= 0.3 is 0 Å². The zero-order valence-corrected chi connectivity index (χ0v) is 10.8. The third-order valence-electron chi connectivity index (χ3n) is 2.88. The average molecular weight is 254 g/mol. The minimum Gasteiger partial charge on any atom is -0.334 e. The Labute approximate surface area is 110 Å². The molecule has 3 aromatic rings. The number of benzene rings is 1. The van der Waals surface area contributed by atoms with E-state index in [2.05, 4.69) is 15.1 Å². The average Bonchev–Trinajstić information content (AvgIpc) is 2.87. The van der Waals surface area contributed by atoms with E-state index in [4.69, 9.17) is 10.3 Å². The maximum atomic E-state index is 5.96. The molecule has 2 N–H and O–H groups in total. The van der Waals surface area contributed by atoms with Crippen LogP contribution < -0.4 is 5.73 Å². The van der Waals surface area contributed by atoms with Crippen molar-refractivity contribution in [2.45, 2.75) is 19.4 Å². The highest BCUT2D eigenvalue weighted by Crippen LogP contribution is 2.27. The number of hydrogen-bond acceptors (Lipinski definition) is 5. The van der Waals surface area contributed by atoms with Crippen LogP contribution in [0.1, 0.15) is 19.7 Å². The standard InChI is InChI=1S/C14H14N4O/c1-14(2,15)13-17-12(19-18-13)10-5-3-7-11-9(10)6-4-8-16-11/h3-8H,15H2,1-2H3. The number of nitrogens with zero attached hydrogens (tertiary/aromatic N) is 3. The van der Waals surface area contributed by atoms with Gasteiger partial charge in [0.15, 0.2) is 5.82 Å². The molecule has 0 atom stereocenters. The molecule has 3 rings (SSSR count). The highest BCUT2D eigenvalue weighted by Gasteiger charge is 2.22. The Bertz CT molecular complexity index is 722. The van der Waals surface area contributed by atoms with E-state index in [0.717, 1.165) is 16.5 Å². The Kier molecular flexibility index (Phi) is 2.57. The molecule has 0 fully saturated rings. The summed E-state index contributed by atoms with van der Waals surface area (Å²) in [6, 6.07) is 9.67. The lowest BCUT2D eigenvalue weighted by molar-refractivity contribution is 0.397. The van der Waals surface area contributed by atoms with Gasteiger partial charge < -0.3 is 10.3 Å². The minimum absolute atomic E-state index is 0.465. The molecule has 0 saturated heterocycles. The van der Waals surface area contributed by atoms with Gasteiger partial charge in [-0.1, -0.05) is 17.3 Å². The first-order chi connectivity index (χ1) is 9.05. The van der Waals surface area contributed by atoms with Crippen LogP contribution in [0.25, 0.3) is 22.4 Å². The van der Waals surface area contributed by atoms with Crippen molar-refractivity contribution in [3.8, 4) is 11.5 Å². The van der Waals surface area contributed by atoms with E-state index in [1.54, 1.807) is 6.20 Å². The van der Waals surface area contributed by atoms with E-state index in [0.29, 0.717) is 11.7 Å². The van der Waals surface area contributed by atoms with Crippen molar-refractivity contribution in [2.75, 3.05) is 0 Å². The summed E-state index contributed by atoms with van der Waals surface area (Å²) in [5, 5.41) is 4.92. The van der Waals surface area contributed by atoms with Crippen LogP contribution in [-0.2, 0) is 5.54 Å². The number of aromatic nitrogens is 3. The fourth-order valence-corrected chi connectivity index (χ4v) is 1.88. The fourth-order valence-electron chi connectivity index (χ4n) is 1.88. The van der Waals surface area contributed by atoms with Gasteiger partial charge in [0.25, 0.3) is 5.89 Å². The van der Waals surface area contributed by atoms with Gasteiger partial charge in [-0.05, 0) is 32.0 Å². The number of pyridine rings is 1. The van der Waals surface area contributed by atoms with E-state index in [-0.39, 0.29) is 0 Å². The number of hydrogen-bond donors (Lipinski definition) is 1. The molecule has 0 aliphatic heterocycles. The predicted octanol–water partition coefficient (Wildman–Crippen LogP) is 2.48. The molecule has 5 nitrogen and oxygen atoms in total. The van der Waals surface area contributed by atoms with Crippen molar-refractivity contribution in [3.63, 3.8) is 0 Å². The van der Waals surface area contributed by atoms with Crippen LogP contribution in [-0.4, -0.2) is 15.1 Å². The molecular weight excluding hydrogens is 240 g/mol. The molecule has 1 aromatic carbocycles. The Morgan fingerprint density at radius 1 is 1.16 bits per heavy atom. The lowest BCUT2D eigenvalue weighted by Crippen LogP contribution is -2.30. The van der Waals surface area contributed by atoms with Crippen molar-refractivity contribution in [3.05, 3.63) is 42.4 Å². The fraction of sp³-hybridized carbons (Fsp3) is 0.214. The smallest absolute Gasteiger partial charge is 0.258 e. The molecule has 96 valence electrons. The first-order valence-electron chi connectivity index (χ1n) is 6.03. The largest absolute Gasteiger partial charge is 0.334 e. The first kappa shape index (κ1) is 11.8. The van der Waals surface area contributed by atoms with E-state index in [1.165, 1.54) is 0 Å².